The molecule has 7 rings (SSSR count). The van der Waals surface area contributed by atoms with Crippen LogP contribution in [0, 0.1) is 11.7 Å². The lowest BCUT2D eigenvalue weighted by molar-refractivity contribution is -0.122. The summed E-state index contributed by atoms with van der Waals surface area (Å²) in [5.74, 6) is -3.03. The van der Waals surface area contributed by atoms with Crippen LogP contribution in [0.1, 0.15) is 16.4 Å². The van der Waals surface area contributed by atoms with E-state index in [1.807, 2.05) is 36.4 Å². The number of imide groups is 1. The van der Waals surface area contributed by atoms with Crippen LogP contribution in [0.4, 0.5) is 15.8 Å². The van der Waals surface area contributed by atoms with Crippen LogP contribution in [-0.4, -0.2) is 27.5 Å². The highest BCUT2D eigenvalue weighted by atomic mass is 32.2. The van der Waals surface area contributed by atoms with Gasteiger partial charge in [-0.25, -0.2) is 9.29 Å². The van der Waals surface area contributed by atoms with Crippen LogP contribution >= 0.6 is 23.1 Å². The average Bonchev–Trinajstić information content (AvgIpc) is 3.44. The number of hydrogen-bond acceptors (Lipinski definition) is 6. The van der Waals surface area contributed by atoms with Crippen LogP contribution in [0.25, 0.3) is 10.8 Å². The topological polar surface area (TPSA) is 88.5 Å². The highest BCUT2D eigenvalue weighted by Crippen LogP contribution is 2.53. The number of nitrogens with zero attached hydrogens (tertiary/aromatic N) is 2. The number of carbonyl (C=O) groups excluding carboxylic acids is 3. The zero-order chi connectivity index (χ0) is 29.0. The maximum atomic E-state index is 13.9. The van der Waals surface area contributed by atoms with Crippen LogP contribution in [0.5, 0.6) is 0 Å². The third-order valence-corrected chi connectivity index (χ3v) is 10.2. The summed E-state index contributed by atoms with van der Waals surface area (Å²) in [6, 6.07) is 27.9. The molecule has 1 aromatic heterocycles. The number of hydrogen-bond donors (Lipinski definition) is 1. The zero-order valence-corrected chi connectivity index (χ0v) is 23.5. The molecule has 1 saturated heterocycles. The molecule has 208 valence electrons. The van der Waals surface area contributed by atoms with E-state index in [1.54, 1.807) is 48.5 Å². The van der Waals surface area contributed by atoms with Crippen molar-refractivity contribution >= 4 is 63.0 Å². The van der Waals surface area contributed by atoms with Crippen LogP contribution < -0.4 is 15.1 Å². The first-order chi connectivity index (χ1) is 20.4. The molecule has 1 N–H and O–H groups in total. The van der Waals surface area contributed by atoms with Crippen molar-refractivity contribution in [1.29, 1.82) is 0 Å². The first-order valence-electron chi connectivity index (χ1n) is 13.3. The molecule has 3 unspecified atom stereocenters. The lowest BCUT2D eigenvalue weighted by Gasteiger charge is -2.30. The minimum Gasteiger partial charge on any atom is -0.325 e. The number of thiazole rings is 1. The van der Waals surface area contributed by atoms with E-state index >= 15 is 0 Å². The Bertz CT molecular complexity index is 1940. The van der Waals surface area contributed by atoms with Gasteiger partial charge in [-0.1, -0.05) is 83.8 Å². The van der Waals surface area contributed by atoms with Crippen LogP contribution in [-0.2, 0) is 20.9 Å². The lowest BCUT2D eigenvalue weighted by atomic mass is 9.83. The van der Waals surface area contributed by atoms with Crippen molar-refractivity contribution in [3.8, 4) is 0 Å². The Hall–Kier alpha value is -4.54. The summed E-state index contributed by atoms with van der Waals surface area (Å²) >= 11 is 2.10. The van der Waals surface area contributed by atoms with E-state index in [-0.39, 0.29) is 23.2 Å². The predicted octanol–water partition coefficient (Wildman–Crippen LogP) is 5.64. The van der Waals surface area contributed by atoms with Gasteiger partial charge in [0.25, 0.3) is 0 Å². The number of carbonyl (C=O) groups is 3. The van der Waals surface area contributed by atoms with Gasteiger partial charge >= 0.3 is 4.87 Å². The Morgan fingerprint density at radius 3 is 2.31 bits per heavy atom. The second-order valence-electron chi connectivity index (χ2n) is 10.2. The molecule has 0 spiro atoms. The van der Waals surface area contributed by atoms with Crippen LogP contribution in [0.15, 0.2) is 107 Å². The molecule has 3 heterocycles. The first-order valence-corrected chi connectivity index (χ1v) is 15.0. The molecule has 0 radical (unpaired) electrons. The number of nitrogens with one attached hydrogen (secondary N) is 1. The van der Waals surface area contributed by atoms with E-state index in [9.17, 15) is 23.6 Å². The van der Waals surface area contributed by atoms with E-state index in [1.165, 1.54) is 21.6 Å². The molecule has 3 amide bonds. The fraction of sp³-hybridized carbons (Fsp3) is 0.125. The summed E-state index contributed by atoms with van der Waals surface area (Å²) in [5, 5.41) is 4.54. The summed E-state index contributed by atoms with van der Waals surface area (Å²) in [6.45, 7) is -0.261. The zero-order valence-electron chi connectivity index (χ0n) is 21.9. The quantitative estimate of drug-likeness (QED) is 0.266. The molecule has 0 aliphatic carbocycles. The van der Waals surface area contributed by atoms with Crippen molar-refractivity contribution in [2.24, 2.45) is 5.92 Å². The number of fused-ring (bicyclic) bond motifs is 3. The number of thioether (sulfide) groups is 1. The van der Waals surface area contributed by atoms with Gasteiger partial charge in [-0.3, -0.25) is 23.7 Å². The third-order valence-electron chi connectivity index (χ3n) is 7.63. The molecule has 1 fully saturated rings. The molecule has 2 aliphatic rings. The van der Waals surface area contributed by atoms with Crippen LogP contribution in [0.3, 0.4) is 0 Å². The molecule has 0 bridgehead atoms. The van der Waals surface area contributed by atoms with Gasteiger partial charge < -0.3 is 5.32 Å². The van der Waals surface area contributed by atoms with Gasteiger partial charge in [0.15, 0.2) is 0 Å². The van der Waals surface area contributed by atoms with Gasteiger partial charge in [0, 0.05) is 16.5 Å². The maximum absolute atomic E-state index is 13.9. The minimum absolute atomic E-state index is 0.261. The maximum Gasteiger partial charge on any atom is 0.308 e. The van der Waals surface area contributed by atoms with Crippen molar-refractivity contribution in [2.45, 2.75) is 22.7 Å². The van der Waals surface area contributed by atoms with Crippen molar-refractivity contribution < 1.29 is 18.8 Å². The number of rotatable bonds is 5. The fourth-order valence-electron chi connectivity index (χ4n) is 5.73. The lowest BCUT2D eigenvalue weighted by Crippen LogP contribution is -2.33. The number of para-hydroxylation sites is 1. The molecular formula is C32H22FN3O4S2. The predicted molar refractivity (Wildman–Crippen MR) is 161 cm³/mol. The van der Waals surface area contributed by atoms with Gasteiger partial charge in [0.1, 0.15) is 17.6 Å². The van der Waals surface area contributed by atoms with E-state index in [0.717, 1.165) is 33.9 Å². The van der Waals surface area contributed by atoms with Gasteiger partial charge in [0.05, 0.1) is 16.6 Å². The number of anilines is 2. The Morgan fingerprint density at radius 1 is 0.833 bits per heavy atom. The van der Waals surface area contributed by atoms with Gasteiger partial charge in [0.2, 0.25) is 17.7 Å². The van der Waals surface area contributed by atoms with Gasteiger partial charge in [-0.15, -0.1) is 0 Å². The molecule has 5 aromatic rings. The van der Waals surface area contributed by atoms with E-state index in [4.69, 9.17) is 0 Å². The van der Waals surface area contributed by atoms with Crippen LogP contribution in [0.2, 0.25) is 0 Å². The highest BCUT2D eigenvalue weighted by Gasteiger charge is 2.56. The van der Waals surface area contributed by atoms with Gasteiger partial charge in [-0.05, 0) is 52.7 Å². The largest absolute Gasteiger partial charge is 0.325 e. The molecule has 0 saturated carbocycles. The SMILES string of the molecule is O=C(Cn1c2c(sc1=O)C(c1ccc(F)cc1)C1C(=O)N(c3ccccc3)C(=O)C1S2)Nc1ccc2ccccc2c1. The number of aromatic nitrogens is 1. The van der Waals surface area contributed by atoms with Crippen molar-refractivity contribution in [3.05, 3.63) is 123 Å². The standard InChI is InChI=1S/C32H22FN3O4S2/c33-21-13-10-19(11-14-21)25-26-27(30(39)36(29(26)38)23-8-2-1-3-9-23)41-31-28(25)42-32(40)35(31)17-24(37)34-22-15-12-18-6-4-5-7-20(18)16-22/h1-16,25-27H,17H2,(H,34,37). The monoisotopic (exact) mass is 595 g/mol. The first kappa shape index (κ1) is 26.4. The molecule has 3 atom stereocenters. The van der Waals surface area contributed by atoms with E-state index in [0.29, 0.717) is 26.8 Å². The third kappa shape index (κ3) is 4.43. The smallest absolute Gasteiger partial charge is 0.308 e. The molecule has 10 heteroatoms. The Balaban J connectivity index is 1.26. The summed E-state index contributed by atoms with van der Waals surface area (Å²) < 4.78 is 15.3. The van der Waals surface area contributed by atoms with Crippen molar-refractivity contribution in [1.82, 2.24) is 4.57 Å². The second kappa shape index (κ2) is 10.4. The molecule has 42 heavy (non-hydrogen) atoms. The number of amides is 3. The molecule has 7 nitrogen and oxygen atoms in total. The normalized spacial score (nSPS) is 19.5. The Morgan fingerprint density at radius 2 is 1.55 bits per heavy atom. The number of halogens is 1. The van der Waals surface area contributed by atoms with Gasteiger partial charge in [-0.2, -0.15) is 0 Å². The summed E-state index contributed by atoms with van der Waals surface area (Å²) in [4.78, 5) is 55.5. The molecule has 2 aliphatic heterocycles. The highest BCUT2D eigenvalue weighted by molar-refractivity contribution is 8.00. The average molecular weight is 596 g/mol. The summed E-state index contributed by atoms with van der Waals surface area (Å²) in [5.41, 5.74) is 1.69. The minimum atomic E-state index is -0.816. The summed E-state index contributed by atoms with van der Waals surface area (Å²) in [7, 11) is 0. The van der Waals surface area contributed by atoms with E-state index in [2.05, 4.69) is 5.32 Å². The Labute approximate surface area is 247 Å². The van der Waals surface area contributed by atoms with E-state index < -0.39 is 28.8 Å². The number of benzene rings is 4. The fourth-order valence-corrected chi connectivity index (χ4v) is 8.50. The molecular weight excluding hydrogens is 574 g/mol. The van der Waals surface area contributed by atoms with Crippen molar-refractivity contribution in [2.75, 3.05) is 10.2 Å². The molecule has 4 aromatic carbocycles. The van der Waals surface area contributed by atoms with Crippen molar-refractivity contribution in [3.63, 3.8) is 0 Å². The summed E-state index contributed by atoms with van der Waals surface area (Å²) in [6.07, 6.45) is 0. The Kier molecular flexibility index (Phi) is 6.52. The second-order valence-corrected chi connectivity index (χ2v) is 12.3.